The van der Waals surface area contributed by atoms with E-state index in [1.54, 1.807) is 18.2 Å². The van der Waals surface area contributed by atoms with Crippen molar-refractivity contribution in [2.45, 2.75) is 25.3 Å². The van der Waals surface area contributed by atoms with Crippen molar-refractivity contribution in [3.63, 3.8) is 0 Å². The van der Waals surface area contributed by atoms with Gasteiger partial charge >= 0.3 is 0 Å². The zero-order valence-electron chi connectivity index (χ0n) is 11.2. The highest BCUT2D eigenvalue weighted by molar-refractivity contribution is 5.85. The highest BCUT2D eigenvalue weighted by Crippen LogP contribution is 2.32. The van der Waals surface area contributed by atoms with E-state index in [0.717, 1.165) is 12.8 Å². The lowest BCUT2D eigenvalue weighted by molar-refractivity contribution is -0.122. The highest BCUT2D eigenvalue weighted by Gasteiger charge is 2.31. The highest BCUT2D eigenvalue weighted by atomic mass is 35.5. The number of hydrogen-bond donors (Lipinski definition) is 2. The van der Waals surface area contributed by atoms with Gasteiger partial charge in [-0.1, -0.05) is 12.1 Å². The number of carbonyl (C=O) groups excluding carboxylic acids is 1. The van der Waals surface area contributed by atoms with Gasteiger partial charge < -0.3 is 15.8 Å². The Kier molecular flexibility index (Phi) is 6.75. The second-order valence-corrected chi connectivity index (χ2v) is 4.78. The molecule has 1 aromatic carbocycles. The van der Waals surface area contributed by atoms with Crippen LogP contribution < -0.4 is 15.8 Å². The van der Waals surface area contributed by atoms with Gasteiger partial charge in [0, 0.05) is 12.6 Å². The first-order chi connectivity index (χ1) is 9.20. The molecular formula is C14H20ClFN2O2. The number of benzene rings is 1. The van der Waals surface area contributed by atoms with Crippen molar-refractivity contribution in [3.8, 4) is 5.75 Å². The van der Waals surface area contributed by atoms with E-state index < -0.39 is 5.82 Å². The van der Waals surface area contributed by atoms with Crippen molar-refractivity contribution in [1.82, 2.24) is 5.32 Å². The monoisotopic (exact) mass is 302 g/mol. The maximum Gasteiger partial charge on any atom is 0.223 e. The summed E-state index contributed by atoms with van der Waals surface area (Å²) in [5.74, 6) is 0.189. The fraction of sp³-hybridized carbons (Fsp3) is 0.500. The summed E-state index contributed by atoms with van der Waals surface area (Å²) >= 11 is 0. The van der Waals surface area contributed by atoms with Crippen molar-refractivity contribution in [2.75, 3.05) is 13.2 Å². The molecule has 1 unspecified atom stereocenters. The third-order valence-corrected chi connectivity index (χ3v) is 3.21. The van der Waals surface area contributed by atoms with Gasteiger partial charge in [-0.15, -0.1) is 12.4 Å². The summed E-state index contributed by atoms with van der Waals surface area (Å²) in [6.45, 7) is 0.624. The van der Waals surface area contributed by atoms with E-state index in [1.807, 2.05) is 0 Å². The largest absolute Gasteiger partial charge is 0.490 e. The second kappa shape index (κ2) is 8.07. The van der Waals surface area contributed by atoms with Crippen molar-refractivity contribution in [3.05, 3.63) is 30.1 Å². The summed E-state index contributed by atoms with van der Waals surface area (Å²) < 4.78 is 18.5. The molecule has 0 aliphatic heterocycles. The predicted octanol–water partition coefficient (Wildman–Crippen LogP) is 1.87. The van der Waals surface area contributed by atoms with Crippen LogP contribution in [0.1, 0.15) is 19.3 Å². The second-order valence-electron chi connectivity index (χ2n) is 4.78. The lowest BCUT2D eigenvalue weighted by Crippen LogP contribution is -2.42. The number of amides is 1. The SMILES string of the molecule is Cl.NCC(NC(=O)CCOc1ccccc1F)C1CC1. The number of hydrogen-bond acceptors (Lipinski definition) is 3. The van der Waals surface area contributed by atoms with Gasteiger partial charge in [-0.05, 0) is 30.9 Å². The van der Waals surface area contributed by atoms with Crippen molar-refractivity contribution in [2.24, 2.45) is 11.7 Å². The Morgan fingerprint density at radius 1 is 1.45 bits per heavy atom. The molecule has 6 heteroatoms. The lowest BCUT2D eigenvalue weighted by Gasteiger charge is -2.16. The molecule has 0 spiro atoms. The number of halogens is 2. The van der Waals surface area contributed by atoms with Crippen LogP contribution in [-0.2, 0) is 4.79 Å². The van der Waals surface area contributed by atoms with E-state index in [9.17, 15) is 9.18 Å². The van der Waals surface area contributed by atoms with E-state index in [1.165, 1.54) is 6.07 Å². The summed E-state index contributed by atoms with van der Waals surface area (Å²) in [5.41, 5.74) is 5.61. The van der Waals surface area contributed by atoms with Crippen molar-refractivity contribution < 1.29 is 13.9 Å². The molecule has 3 N–H and O–H groups in total. The third-order valence-electron chi connectivity index (χ3n) is 3.21. The Morgan fingerprint density at radius 3 is 2.75 bits per heavy atom. The molecule has 1 saturated carbocycles. The molecule has 1 aliphatic rings. The maximum atomic E-state index is 13.3. The molecule has 4 nitrogen and oxygen atoms in total. The molecule has 2 rings (SSSR count). The van der Waals surface area contributed by atoms with E-state index >= 15 is 0 Å². The van der Waals surface area contributed by atoms with Gasteiger partial charge in [-0.2, -0.15) is 0 Å². The minimum atomic E-state index is -0.416. The minimum Gasteiger partial charge on any atom is -0.490 e. The summed E-state index contributed by atoms with van der Waals surface area (Å²) in [6, 6.07) is 6.22. The molecule has 1 atom stereocenters. The number of para-hydroxylation sites is 1. The van der Waals surface area contributed by atoms with E-state index in [0.29, 0.717) is 12.5 Å². The maximum absolute atomic E-state index is 13.3. The number of nitrogens with one attached hydrogen (secondary N) is 1. The smallest absolute Gasteiger partial charge is 0.223 e. The third kappa shape index (κ3) is 4.98. The zero-order valence-corrected chi connectivity index (χ0v) is 12.0. The fourth-order valence-electron chi connectivity index (χ4n) is 1.96. The van der Waals surface area contributed by atoms with Crippen LogP contribution in [0.3, 0.4) is 0 Å². The number of rotatable bonds is 7. The van der Waals surface area contributed by atoms with Gasteiger partial charge in [0.2, 0.25) is 5.91 Å². The van der Waals surface area contributed by atoms with E-state index in [4.69, 9.17) is 10.5 Å². The summed E-state index contributed by atoms with van der Waals surface area (Å²) in [6.07, 6.45) is 2.47. The average molecular weight is 303 g/mol. The Balaban J connectivity index is 0.00000200. The molecule has 0 saturated heterocycles. The Hall–Kier alpha value is -1.33. The van der Waals surface area contributed by atoms with Crippen LogP contribution in [0.2, 0.25) is 0 Å². The van der Waals surface area contributed by atoms with Crippen LogP contribution in [0.5, 0.6) is 5.75 Å². The molecule has 1 fully saturated rings. The Bertz CT molecular complexity index is 441. The van der Waals surface area contributed by atoms with Crippen LogP contribution in [0.15, 0.2) is 24.3 Å². The van der Waals surface area contributed by atoms with Gasteiger partial charge in [0.1, 0.15) is 0 Å². The Labute approximate surface area is 124 Å². The van der Waals surface area contributed by atoms with Crippen molar-refractivity contribution in [1.29, 1.82) is 0 Å². The molecule has 0 heterocycles. The molecule has 112 valence electrons. The standard InChI is InChI=1S/C14H19FN2O2.ClH/c15-11-3-1-2-4-13(11)19-8-7-14(18)17-12(9-16)10-5-6-10;/h1-4,10,12H,5-9,16H2,(H,17,18);1H. The molecule has 0 bridgehead atoms. The van der Waals surface area contributed by atoms with Gasteiger partial charge in [0.25, 0.3) is 0 Å². The molecule has 1 aliphatic carbocycles. The van der Waals surface area contributed by atoms with Gasteiger partial charge in [-0.3, -0.25) is 4.79 Å². The zero-order chi connectivity index (χ0) is 13.7. The normalized spacial score (nSPS) is 15.1. The molecule has 20 heavy (non-hydrogen) atoms. The fourth-order valence-corrected chi connectivity index (χ4v) is 1.96. The van der Waals surface area contributed by atoms with Crippen LogP contribution in [-0.4, -0.2) is 25.1 Å². The van der Waals surface area contributed by atoms with E-state index in [-0.39, 0.29) is 43.1 Å². The molecular weight excluding hydrogens is 283 g/mol. The number of carbonyl (C=O) groups is 1. The van der Waals surface area contributed by atoms with Crippen LogP contribution in [0.25, 0.3) is 0 Å². The van der Waals surface area contributed by atoms with E-state index in [2.05, 4.69) is 5.32 Å². The van der Waals surface area contributed by atoms with Gasteiger partial charge in [0.15, 0.2) is 11.6 Å². The van der Waals surface area contributed by atoms with Gasteiger partial charge in [0.05, 0.1) is 13.0 Å². The first kappa shape index (κ1) is 16.7. The first-order valence-electron chi connectivity index (χ1n) is 6.57. The predicted molar refractivity (Wildman–Crippen MR) is 77.5 cm³/mol. The molecule has 1 aromatic rings. The summed E-state index contributed by atoms with van der Waals surface area (Å²) in [7, 11) is 0. The number of nitrogens with two attached hydrogens (primary N) is 1. The summed E-state index contributed by atoms with van der Waals surface area (Å²) in [4.78, 5) is 11.7. The average Bonchev–Trinajstić information content (AvgIpc) is 3.22. The first-order valence-corrected chi connectivity index (χ1v) is 6.57. The number of ether oxygens (including phenoxy) is 1. The summed E-state index contributed by atoms with van der Waals surface area (Å²) in [5, 5.41) is 2.89. The molecule has 1 amide bonds. The lowest BCUT2D eigenvalue weighted by atomic mass is 10.2. The van der Waals surface area contributed by atoms with Crippen LogP contribution in [0.4, 0.5) is 4.39 Å². The van der Waals surface area contributed by atoms with Crippen LogP contribution >= 0.6 is 12.4 Å². The topological polar surface area (TPSA) is 64.3 Å². The Morgan fingerprint density at radius 2 is 2.15 bits per heavy atom. The van der Waals surface area contributed by atoms with Crippen molar-refractivity contribution >= 4 is 18.3 Å². The van der Waals surface area contributed by atoms with Crippen LogP contribution in [0, 0.1) is 11.7 Å². The quantitative estimate of drug-likeness (QED) is 0.808. The molecule has 0 aromatic heterocycles. The minimum absolute atomic E-state index is 0. The van der Waals surface area contributed by atoms with Gasteiger partial charge in [-0.25, -0.2) is 4.39 Å². The molecule has 0 radical (unpaired) electrons.